The molecule has 0 aliphatic rings. The van der Waals surface area contributed by atoms with Gasteiger partial charge in [0, 0.05) is 17.2 Å². The van der Waals surface area contributed by atoms with Crippen LogP contribution in [0.4, 0.5) is 5.69 Å². The predicted molar refractivity (Wildman–Crippen MR) is 99.8 cm³/mol. The lowest BCUT2D eigenvalue weighted by Gasteiger charge is -1.99. The van der Waals surface area contributed by atoms with Crippen molar-refractivity contribution in [3.8, 4) is 11.4 Å². The molecule has 1 amide bonds. The number of hydrogen-bond donors (Lipinski definition) is 1. The van der Waals surface area contributed by atoms with Gasteiger partial charge in [0.25, 0.3) is 11.6 Å². The summed E-state index contributed by atoms with van der Waals surface area (Å²) >= 11 is 3.10. The fourth-order valence-electron chi connectivity index (χ4n) is 2.11. The molecular weight excluding hydrogens is 418 g/mol. The van der Waals surface area contributed by atoms with E-state index in [0.717, 1.165) is 10.4 Å². The maximum atomic E-state index is 11.9. The summed E-state index contributed by atoms with van der Waals surface area (Å²) in [5.74, 6) is -0.0519. The van der Waals surface area contributed by atoms with Crippen LogP contribution in [0, 0.1) is 10.1 Å². The standard InChI is InChI=1S/C16H12BrN7O3/c17-13-7-6-11(8-14(13)24(26)27)9-18-19-15(25)10-23-21-16(20-22-23)12-4-2-1-3-5-12/h1-9H,10H2,(H,19,25). The number of hydrogen-bond acceptors (Lipinski definition) is 7. The van der Waals surface area contributed by atoms with Gasteiger partial charge in [-0.2, -0.15) is 9.90 Å². The molecule has 0 saturated heterocycles. The van der Waals surface area contributed by atoms with Crippen LogP contribution in [0.25, 0.3) is 11.4 Å². The average Bonchev–Trinajstić information content (AvgIpc) is 3.12. The van der Waals surface area contributed by atoms with E-state index < -0.39 is 10.8 Å². The number of nitro benzene ring substituents is 1. The number of rotatable bonds is 6. The van der Waals surface area contributed by atoms with E-state index in [9.17, 15) is 14.9 Å². The summed E-state index contributed by atoms with van der Waals surface area (Å²) in [6.45, 7) is -0.169. The number of carbonyl (C=O) groups is 1. The van der Waals surface area contributed by atoms with Gasteiger partial charge in [0.05, 0.1) is 15.6 Å². The van der Waals surface area contributed by atoms with E-state index in [1.807, 2.05) is 30.3 Å². The predicted octanol–water partition coefficient (Wildman–Crippen LogP) is 2.16. The largest absolute Gasteiger partial charge is 0.284 e. The first-order valence-corrected chi connectivity index (χ1v) is 8.41. The molecule has 1 aromatic heterocycles. The molecule has 2 aromatic carbocycles. The number of nitrogens with one attached hydrogen (secondary N) is 1. The molecule has 0 spiro atoms. The fourth-order valence-corrected chi connectivity index (χ4v) is 2.50. The van der Waals surface area contributed by atoms with Crippen molar-refractivity contribution in [3.63, 3.8) is 0 Å². The van der Waals surface area contributed by atoms with E-state index >= 15 is 0 Å². The number of amides is 1. The van der Waals surface area contributed by atoms with Gasteiger partial charge in [-0.15, -0.1) is 10.2 Å². The fraction of sp³-hybridized carbons (Fsp3) is 0.0625. The van der Waals surface area contributed by atoms with Gasteiger partial charge in [0.15, 0.2) is 0 Å². The lowest BCUT2D eigenvalue weighted by molar-refractivity contribution is -0.385. The number of benzene rings is 2. The Kier molecular flexibility index (Phi) is 5.61. The minimum absolute atomic E-state index is 0.0921. The Bertz CT molecular complexity index is 1000. The van der Waals surface area contributed by atoms with Crippen LogP contribution in [-0.4, -0.2) is 37.3 Å². The molecule has 0 fully saturated rings. The normalized spacial score (nSPS) is 10.9. The zero-order chi connectivity index (χ0) is 19.2. The summed E-state index contributed by atoms with van der Waals surface area (Å²) in [4.78, 5) is 23.4. The van der Waals surface area contributed by atoms with Gasteiger partial charge in [-0.1, -0.05) is 36.4 Å². The quantitative estimate of drug-likeness (QED) is 0.363. The number of carbonyl (C=O) groups excluding carboxylic acids is 1. The van der Waals surface area contributed by atoms with Crippen molar-refractivity contribution in [1.82, 2.24) is 25.6 Å². The van der Waals surface area contributed by atoms with Gasteiger partial charge in [-0.3, -0.25) is 14.9 Å². The molecule has 0 radical (unpaired) electrons. The first kappa shape index (κ1) is 18.3. The van der Waals surface area contributed by atoms with E-state index in [1.165, 1.54) is 18.3 Å². The van der Waals surface area contributed by atoms with Crippen molar-refractivity contribution < 1.29 is 9.72 Å². The van der Waals surface area contributed by atoms with Gasteiger partial charge < -0.3 is 0 Å². The van der Waals surface area contributed by atoms with Gasteiger partial charge in [-0.05, 0) is 27.2 Å². The molecule has 27 heavy (non-hydrogen) atoms. The second-order valence-electron chi connectivity index (χ2n) is 5.27. The van der Waals surface area contributed by atoms with Crippen molar-refractivity contribution in [2.24, 2.45) is 5.10 Å². The van der Waals surface area contributed by atoms with Crippen LogP contribution in [0.5, 0.6) is 0 Å². The number of nitrogens with zero attached hydrogens (tertiary/aromatic N) is 6. The van der Waals surface area contributed by atoms with Crippen molar-refractivity contribution in [2.45, 2.75) is 6.54 Å². The Morgan fingerprint density at radius 2 is 2.07 bits per heavy atom. The first-order chi connectivity index (χ1) is 13.0. The molecule has 10 nitrogen and oxygen atoms in total. The molecule has 0 unspecified atom stereocenters. The van der Waals surface area contributed by atoms with E-state index in [4.69, 9.17) is 0 Å². The minimum atomic E-state index is -0.513. The van der Waals surface area contributed by atoms with Crippen LogP contribution in [0.1, 0.15) is 5.56 Å². The van der Waals surface area contributed by atoms with E-state index in [1.54, 1.807) is 6.07 Å². The van der Waals surface area contributed by atoms with Crippen molar-refractivity contribution in [3.05, 3.63) is 68.7 Å². The van der Waals surface area contributed by atoms with Gasteiger partial charge in [-0.25, -0.2) is 5.43 Å². The lowest BCUT2D eigenvalue weighted by Crippen LogP contribution is -2.24. The highest BCUT2D eigenvalue weighted by Crippen LogP contribution is 2.24. The van der Waals surface area contributed by atoms with Gasteiger partial charge >= 0.3 is 0 Å². The monoisotopic (exact) mass is 429 g/mol. The van der Waals surface area contributed by atoms with Crippen LogP contribution in [0.3, 0.4) is 0 Å². The SMILES string of the molecule is O=C(Cn1nnc(-c2ccccc2)n1)NN=Cc1ccc(Br)c([N+](=O)[O-])c1. The van der Waals surface area contributed by atoms with Crippen molar-refractivity contribution in [2.75, 3.05) is 0 Å². The summed E-state index contributed by atoms with van der Waals surface area (Å²) in [6.07, 6.45) is 1.31. The smallest absolute Gasteiger partial charge is 0.271 e. The third kappa shape index (κ3) is 4.79. The Labute approximate surface area is 161 Å². The summed E-state index contributed by atoms with van der Waals surface area (Å²) in [5, 5.41) is 26.5. The van der Waals surface area contributed by atoms with E-state index in [0.29, 0.717) is 15.9 Å². The van der Waals surface area contributed by atoms with Crippen LogP contribution < -0.4 is 5.43 Å². The lowest BCUT2D eigenvalue weighted by atomic mass is 10.2. The van der Waals surface area contributed by atoms with Crippen LogP contribution in [0.2, 0.25) is 0 Å². The molecule has 1 N–H and O–H groups in total. The number of hydrazone groups is 1. The molecule has 3 rings (SSSR count). The Morgan fingerprint density at radius 3 is 2.81 bits per heavy atom. The molecule has 1 heterocycles. The summed E-state index contributed by atoms with van der Waals surface area (Å²) in [7, 11) is 0. The maximum absolute atomic E-state index is 11.9. The number of tetrazole rings is 1. The van der Waals surface area contributed by atoms with E-state index in [2.05, 4.69) is 41.9 Å². The Balaban J connectivity index is 1.59. The Morgan fingerprint density at radius 1 is 1.30 bits per heavy atom. The number of aromatic nitrogens is 4. The molecule has 11 heteroatoms. The highest BCUT2D eigenvalue weighted by molar-refractivity contribution is 9.10. The molecule has 0 saturated carbocycles. The van der Waals surface area contributed by atoms with E-state index in [-0.39, 0.29) is 12.2 Å². The second kappa shape index (κ2) is 8.27. The molecule has 0 atom stereocenters. The Hall–Kier alpha value is -3.47. The maximum Gasteiger partial charge on any atom is 0.284 e. The van der Waals surface area contributed by atoms with Gasteiger partial charge in [0.2, 0.25) is 5.82 Å². The van der Waals surface area contributed by atoms with Crippen molar-refractivity contribution >= 4 is 33.7 Å². The van der Waals surface area contributed by atoms with Crippen LogP contribution in [0.15, 0.2) is 58.1 Å². The first-order valence-electron chi connectivity index (χ1n) is 7.62. The molecule has 0 bridgehead atoms. The minimum Gasteiger partial charge on any atom is -0.271 e. The number of nitro groups is 1. The molecular formula is C16H12BrN7O3. The van der Waals surface area contributed by atoms with Crippen LogP contribution >= 0.6 is 15.9 Å². The zero-order valence-electron chi connectivity index (χ0n) is 13.7. The summed E-state index contributed by atoms with van der Waals surface area (Å²) < 4.78 is 0.361. The average molecular weight is 430 g/mol. The topological polar surface area (TPSA) is 128 Å². The highest BCUT2D eigenvalue weighted by Gasteiger charge is 2.12. The highest BCUT2D eigenvalue weighted by atomic mass is 79.9. The molecule has 3 aromatic rings. The second-order valence-corrected chi connectivity index (χ2v) is 6.12. The molecule has 0 aliphatic carbocycles. The van der Waals surface area contributed by atoms with Crippen LogP contribution in [-0.2, 0) is 11.3 Å². The zero-order valence-corrected chi connectivity index (χ0v) is 15.3. The van der Waals surface area contributed by atoms with Gasteiger partial charge in [0.1, 0.15) is 6.54 Å². The number of halogens is 1. The third-order valence-corrected chi connectivity index (χ3v) is 4.01. The summed E-state index contributed by atoms with van der Waals surface area (Å²) in [6, 6.07) is 13.7. The third-order valence-electron chi connectivity index (χ3n) is 3.34. The molecule has 0 aliphatic heterocycles. The van der Waals surface area contributed by atoms with Crippen molar-refractivity contribution in [1.29, 1.82) is 0 Å². The summed E-state index contributed by atoms with van der Waals surface area (Å²) in [5.41, 5.74) is 3.48. The molecule has 136 valence electrons.